The highest BCUT2D eigenvalue weighted by Crippen LogP contribution is 2.44. The van der Waals surface area contributed by atoms with Crippen molar-refractivity contribution in [2.24, 2.45) is 0 Å². The van der Waals surface area contributed by atoms with Gasteiger partial charge in [-0.2, -0.15) is 4.31 Å². The number of hydrogen-bond donors (Lipinski definition) is 2. The maximum atomic E-state index is 12.9. The number of hydrogen-bond acceptors (Lipinski definition) is 5. The van der Waals surface area contributed by atoms with E-state index in [1.165, 1.54) is 4.31 Å². The normalized spacial score (nSPS) is 13.7. The quantitative estimate of drug-likeness (QED) is 0.238. The summed E-state index contributed by atoms with van der Waals surface area (Å²) in [5.41, 5.74) is 3.17. The highest BCUT2D eigenvalue weighted by Gasteiger charge is 2.31. The van der Waals surface area contributed by atoms with Gasteiger partial charge in [0.2, 0.25) is 16.6 Å². The standard InChI is InChI=1S/C26H32ClN3O4S/c1-3-4-5-6-7-14-30(35(32)33)16-22-20(17-8-9-17)15-21-23(25(31)28-2)24(34-26(21)29-22)18-10-12-19(27)13-11-18/h10-13,15,17,35H,3-9,14,16H2,1-2H3,(H,28,31). The highest BCUT2D eigenvalue weighted by atomic mass is 35.5. The van der Waals surface area contributed by atoms with Gasteiger partial charge in [0.05, 0.1) is 23.2 Å². The van der Waals surface area contributed by atoms with Gasteiger partial charge < -0.3 is 9.73 Å². The maximum absolute atomic E-state index is 12.9. The van der Waals surface area contributed by atoms with Crippen LogP contribution in [0.2, 0.25) is 5.02 Å². The molecule has 0 unspecified atom stereocenters. The molecule has 0 atom stereocenters. The van der Waals surface area contributed by atoms with Crippen molar-refractivity contribution in [3.05, 3.63) is 52.2 Å². The molecule has 0 bridgehead atoms. The first kappa shape index (κ1) is 25.7. The lowest BCUT2D eigenvalue weighted by Gasteiger charge is -2.17. The van der Waals surface area contributed by atoms with Crippen molar-refractivity contribution in [1.29, 1.82) is 0 Å². The second kappa shape index (κ2) is 11.5. The van der Waals surface area contributed by atoms with E-state index in [-0.39, 0.29) is 12.5 Å². The number of rotatable bonds is 12. The molecule has 2 aromatic heterocycles. The summed E-state index contributed by atoms with van der Waals surface area (Å²) in [6.07, 6.45) is 7.30. The summed E-state index contributed by atoms with van der Waals surface area (Å²) in [6.45, 7) is 2.84. The van der Waals surface area contributed by atoms with Gasteiger partial charge in [0, 0.05) is 24.2 Å². The van der Waals surface area contributed by atoms with E-state index in [2.05, 4.69) is 12.2 Å². The predicted octanol–water partition coefficient (Wildman–Crippen LogP) is 5.68. The van der Waals surface area contributed by atoms with Gasteiger partial charge in [-0.15, -0.1) is 0 Å². The van der Waals surface area contributed by atoms with Gasteiger partial charge in [-0.1, -0.05) is 44.2 Å². The van der Waals surface area contributed by atoms with Gasteiger partial charge >= 0.3 is 0 Å². The van der Waals surface area contributed by atoms with Crippen molar-refractivity contribution in [3.63, 3.8) is 0 Å². The summed E-state index contributed by atoms with van der Waals surface area (Å²) in [5, 5.41) is 3.93. The number of aromatic nitrogens is 1. The number of carbonyl (C=O) groups excluding carboxylic acids is 1. The number of halogens is 1. The van der Waals surface area contributed by atoms with Crippen LogP contribution >= 0.6 is 11.6 Å². The first-order valence-electron chi connectivity index (χ1n) is 12.3. The van der Waals surface area contributed by atoms with Crippen molar-refractivity contribution in [2.75, 3.05) is 13.6 Å². The number of amides is 1. The molecule has 1 aliphatic carbocycles. The fraction of sp³-hybridized carbons (Fsp3) is 0.462. The number of thiol groups is 1. The molecule has 1 aromatic carbocycles. The Morgan fingerprint density at radius 2 is 1.89 bits per heavy atom. The lowest BCUT2D eigenvalue weighted by atomic mass is 10.0. The first-order chi connectivity index (χ1) is 16.9. The van der Waals surface area contributed by atoms with Gasteiger partial charge in [-0.25, -0.2) is 13.4 Å². The Morgan fingerprint density at radius 3 is 2.51 bits per heavy atom. The number of pyridine rings is 1. The average Bonchev–Trinajstić information content (AvgIpc) is 3.63. The summed E-state index contributed by atoms with van der Waals surface area (Å²) >= 11 is 6.05. The number of carbonyl (C=O) groups is 1. The number of nitrogens with zero attached hydrogens (tertiary/aromatic N) is 2. The highest BCUT2D eigenvalue weighted by molar-refractivity contribution is 7.69. The smallest absolute Gasteiger partial charge is 0.255 e. The van der Waals surface area contributed by atoms with E-state index >= 15 is 0 Å². The molecular weight excluding hydrogens is 486 g/mol. The van der Waals surface area contributed by atoms with Crippen LogP contribution in [0.5, 0.6) is 0 Å². The predicted molar refractivity (Wildman–Crippen MR) is 139 cm³/mol. The van der Waals surface area contributed by atoms with E-state index in [0.717, 1.165) is 56.1 Å². The van der Waals surface area contributed by atoms with E-state index in [1.807, 2.05) is 6.07 Å². The van der Waals surface area contributed by atoms with E-state index < -0.39 is 10.9 Å². The minimum atomic E-state index is -2.73. The SMILES string of the molecule is CCCCCCCN(Cc1nc2oc(-c3ccc(Cl)cc3)c(C(=O)NC)c2cc1C1CC1)[SH](=O)=O. The number of furan rings is 1. The molecule has 35 heavy (non-hydrogen) atoms. The summed E-state index contributed by atoms with van der Waals surface area (Å²) < 4.78 is 31.7. The Hall–Kier alpha value is -2.42. The summed E-state index contributed by atoms with van der Waals surface area (Å²) in [5.74, 6) is 0.482. The van der Waals surface area contributed by atoms with Gasteiger partial charge in [0.25, 0.3) is 5.91 Å². The Labute approximate surface area is 212 Å². The van der Waals surface area contributed by atoms with E-state index in [0.29, 0.717) is 45.6 Å². The van der Waals surface area contributed by atoms with Crippen molar-refractivity contribution in [1.82, 2.24) is 14.6 Å². The molecule has 1 aliphatic rings. The minimum Gasteiger partial charge on any atom is -0.437 e. The third kappa shape index (κ3) is 6.05. The third-order valence-electron chi connectivity index (χ3n) is 6.46. The average molecular weight is 518 g/mol. The number of nitrogens with one attached hydrogen (secondary N) is 1. The second-order valence-corrected chi connectivity index (χ2v) is 10.6. The summed E-state index contributed by atoms with van der Waals surface area (Å²) in [4.78, 5) is 17.7. The topological polar surface area (TPSA) is 92.5 Å². The molecule has 0 spiro atoms. The molecule has 4 rings (SSSR count). The zero-order valence-corrected chi connectivity index (χ0v) is 21.8. The van der Waals surface area contributed by atoms with Crippen LogP contribution in [0.25, 0.3) is 22.4 Å². The van der Waals surface area contributed by atoms with Gasteiger partial charge in [0.1, 0.15) is 5.76 Å². The number of unbranched alkanes of at least 4 members (excludes halogenated alkanes) is 4. The van der Waals surface area contributed by atoms with Crippen molar-refractivity contribution in [3.8, 4) is 11.3 Å². The molecule has 0 aliphatic heterocycles. The molecule has 0 saturated heterocycles. The fourth-order valence-corrected chi connectivity index (χ4v) is 5.07. The van der Waals surface area contributed by atoms with Crippen LogP contribution in [0.4, 0.5) is 0 Å². The van der Waals surface area contributed by atoms with E-state index in [9.17, 15) is 13.2 Å². The Bertz CT molecular complexity index is 1260. The van der Waals surface area contributed by atoms with Crippen LogP contribution < -0.4 is 5.32 Å². The monoisotopic (exact) mass is 517 g/mol. The van der Waals surface area contributed by atoms with Crippen molar-refractivity contribution in [2.45, 2.75) is 64.3 Å². The molecule has 1 fully saturated rings. The lowest BCUT2D eigenvalue weighted by Crippen LogP contribution is -2.24. The van der Waals surface area contributed by atoms with Crippen LogP contribution in [-0.4, -0.2) is 37.2 Å². The fourth-order valence-electron chi connectivity index (χ4n) is 4.39. The molecular formula is C26H32ClN3O4S. The molecule has 188 valence electrons. The zero-order chi connectivity index (χ0) is 24.9. The molecule has 1 saturated carbocycles. The molecule has 0 radical (unpaired) electrons. The van der Waals surface area contributed by atoms with Gasteiger partial charge in [-0.05, 0) is 61.1 Å². The molecule has 3 aromatic rings. The van der Waals surface area contributed by atoms with Crippen molar-refractivity contribution >= 4 is 39.5 Å². The number of fused-ring (bicyclic) bond motifs is 1. The van der Waals surface area contributed by atoms with Crippen molar-refractivity contribution < 1.29 is 17.6 Å². The molecule has 1 amide bonds. The van der Waals surface area contributed by atoms with Gasteiger partial charge in [-0.3, -0.25) is 4.79 Å². The van der Waals surface area contributed by atoms with E-state index in [1.54, 1.807) is 31.3 Å². The molecule has 9 heteroatoms. The van der Waals surface area contributed by atoms with E-state index in [4.69, 9.17) is 21.0 Å². The van der Waals surface area contributed by atoms with Crippen LogP contribution in [-0.2, 0) is 17.4 Å². The molecule has 7 nitrogen and oxygen atoms in total. The summed E-state index contributed by atoms with van der Waals surface area (Å²) in [6, 6.07) is 9.07. The largest absolute Gasteiger partial charge is 0.437 e. The Morgan fingerprint density at radius 1 is 1.17 bits per heavy atom. The lowest BCUT2D eigenvalue weighted by molar-refractivity contribution is 0.0964. The Kier molecular flexibility index (Phi) is 8.46. The van der Waals surface area contributed by atoms with Crippen LogP contribution in [0.15, 0.2) is 34.7 Å². The maximum Gasteiger partial charge on any atom is 0.255 e. The minimum absolute atomic E-state index is 0.209. The van der Waals surface area contributed by atoms with Crippen LogP contribution in [0, 0.1) is 0 Å². The molecule has 1 N–H and O–H groups in total. The van der Waals surface area contributed by atoms with Crippen LogP contribution in [0.3, 0.4) is 0 Å². The van der Waals surface area contributed by atoms with Gasteiger partial charge in [0.15, 0.2) is 0 Å². The second-order valence-electron chi connectivity index (χ2n) is 9.08. The Balaban J connectivity index is 1.72. The third-order valence-corrected chi connectivity index (χ3v) is 7.51. The number of benzene rings is 1. The zero-order valence-electron chi connectivity index (χ0n) is 20.2. The first-order valence-corrected chi connectivity index (χ1v) is 13.8. The summed E-state index contributed by atoms with van der Waals surface area (Å²) in [7, 11) is -1.15. The van der Waals surface area contributed by atoms with Crippen LogP contribution in [0.1, 0.15) is 79.4 Å². The molecule has 2 heterocycles.